The maximum Gasteiger partial charge on any atom is 0.133 e. The maximum absolute atomic E-state index is 10.6. The minimum Gasteiger partial charge on any atom is -0.300 e. The van der Waals surface area contributed by atoms with Gasteiger partial charge in [0.2, 0.25) is 0 Å². The first-order valence-electron chi connectivity index (χ1n) is 3.31. The largest absolute Gasteiger partial charge is 0.300 e. The van der Waals surface area contributed by atoms with Crippen molar-refractivity contribution in [1.82, 2.24) is 0 Å². The molecule has 2 aliphatic rings. The molecule has 1 nitrogen and oxygen atoms in total. The van der Waals surface area contributed by atoms with E-state index in [9.17, 15) is 4.79 Å². The normalized spacial score (nSPS) is 51.6. The topological polar surface area (TPSA) is 17.1 Å². The van der Waals surface area contributed by atoms with Crippen LogP contribution in [0.2, 0.25) is 0 Å². The molecule has 0 bridgehead atoms. The van der Waals surface area contributed by atoms with Crippen molar-refractivity contribution >= 4 is 5.78 Å². The van der Waals surface area contributed by atoms with Crippen LogP contribution in [-0.2, 0) is 4.79 Å². The Morgan fingerprint density at radius 3 is 2.25 bits per heavy atom. The van der Waals surface area contributed by atoms with Gasteiger partial charge in [0.15, 0.2) is 0 Å². The zero-order valence-corrected chi connectivity index (χ0v) is 5.05. The van der Waals surface area contributed by atoms with Crippen LogP contribution < -0.4 is 0 Å². The van der Waals surface area contributed by atoms with Gasteiger partial charge in [-0.15, -0.1) is 0 Å². The molecule has 0 saturated heterocycles. The lowest BCUT2D eigenvalue weighted by atomic mass is 10.1. The third-order valence-corrected chi connectivity index (χ3v) is 2.69. The molecule has 0 aromatic rings. The van der Waals surface area contributed by atoms with Crippen LogP contribution in [0.3, 0.4) is 0 Å². The molecule has 2 rings (SSSR count). The molecule has 0 aromatic carbocycles. The van der Waals surface area contributed by atoms with Crippen molar-refractivity contribution < 1.29 is 4.79 Å². The van der Waals surface area contributed by atoms with Gasteiger partial charge in [-0.25, -0.2) is 0 Å². The molecule has 2 saturated carbocycles. The van der Waals surface area contributed by atoms with E-state index in [1.807, 2.05) is 0 Å². The lowest BCUT2D eigenvalue weighted by Crippen LogP contribution is -1.94. The van der Waals surface area contributed by atoms with Crippen molar-refractivity contribution in [2.24, 2.45) is 17.8 Å². The predicted molar refractivity (Wildman–Crippen MR) is 30.4 cm³/mol. The lowest BCUT2D eigenvalue weighted by Gasteiger charge is -1.90. The minimum absolute atomic E-state index is 0.498. The van der Waals surface area contributed by atoms with Gasteiger partial charge in [-0.3, -0.25) is 4.79 Å². The fourth-order valence-corrected chi connectivity index (χ4v) is 1.92. The van der Waals surface area contributed by atoms with Crippen molar-refractivity contribution in [2.75, 3.05) is 0 Å². The monoisotopic (exact) mass is 110 g/mol. The SMILES string of the molecule is CC1[C@H]2CC(=O)C[C@H]12. The van der Waals surface area contributed by atoms with Crippen LogP contribution in [0.15, 0.2) is 0 Å². The lowest BCUT2D eigenvalue weighted by molar-refractivity contribution is -0.118. The summed E-state index contributed by atoms with van der Waals surface area (Å²) in [4.78, 5) is 10.6. The Labute approximate surface area is 49.1 Å². The molecule has 2 fully saturated rings. The molecule has 44 valence electrons. The number of fused-ring (bicyclic) bond motifs is 1. The number of carbonyl (C=O) groups is 1. The molecule has 1 heteroatoms. The second kappa shape index (κ2) is 1.15. The summed E-state index contributed by atoms with van der Waals surface area (Å²) in [6, 6.07) is 0. The van der Waals surface area contributed by atoms with Crippen molar-refractivity contribution in [3.63, 3.8) is 0 Å². The van der Waals surface area contributed by atoms with E-state index < -0.39 is 0 Å². The molecule has 0 aliphatic heterocycles. The smallest absolute Gasteiger partial charge is 0.133 e. The molecule has 0 radical (unpaired) electrons. The summed E-state index contributed by atoms with van der Waals surface area (Å²) in [5.41, 5.74) is 0. The molecule has 0 heterocycles. The third-order valence-electron chi connectivity index (χ3n) is 2.69. The van der Waals surface area contributed by atoms with Gasteiger partial charge in [0.25, 0.3) is 0 Å². The highest BCUT2D eigenvalue weighted by molar-refractivity contribution is 5.82. The van der Waals surface area contributed by atoms with Gasteiger partial charge < -0.3 is 0 Å². The fraction of sp³-hybridized carbons (Fsp3) is 0.857. The highest BCUT2D eigenvalue weighted by Gasteiger charge is 2.52. The molecule has 0 N–H and O–H groups in total. The van der Waals surface area contributed by atoms with E-state index >= 15 is 0 Å². The van der Waals surface area contributed by atoms with Crippen LogP contribution >= 0.6 is 0 Å². The molecule has 0 spiro atoms. The van der Waals surface area contributed by atoms with Gasteiger partial charge in [-0.2, -0.15) is 0 Å². The van der Waals surface area contributed by atoms with Crippen LogP contribution in [0.4, 0.5) is 0 Å². The Morgan fingerprint density at radius 1 is 1.38 bits per heavy atom. The van der Waals surface area contributed by atoms with Crippen LogP contribution in [-0.4, -0.2) is 5.78 Å². The Kier molecular flexibility index (Phi) is 0.651. The van der Waals surface area contributed by atoms with Crippen LogP contribution in [0.5, 0.6) is 0 Å². The highest BCUT2D eigenvalue weighted by atomic mass is 16.1. The standard InChI is InChI=1S/C7H10O/c1-4-6-2-5(8)3-7(4)6/h4,6-7H,2-3H2,1H3/t6-,7-/m1/s1. The zero-order valence-electron chi connectivity index (χ0n) is 5.05. The average molecular weight is 110 g/mol. The maximum atomic E-state index is 10.6. The van der Waals surface area contributed by atoms with E-state index in [1.165, 1.54) is 0 Å². The van der Waals surface area contributed by atoms with E-state index in [4.69, 9.17) is 0 Å². The number of carbonyl (C=O) groups excluding carboxylic acids is 1. The molecule has 2 atom stereocenters. The third kappa shape index (κ3) is 0.396. The second-order valence-corrected chi connectivity index (χ2v) is 3.13. The highest BCUT2D eigenvalue weighted by Crippen LogP contribution is 2.55. The molecule has 0 amide bonds. The first-order chi connectivity index (χ1) is 3.79. The van der Waals surface area contributed by atoms with E-state index in [0.717, 1.165) is 30.6 Å². The Balaban J connectivity index is 2.09. The summed E-state index contributed by atoms with van der Waals surface area (Å²) >= 11 is 0. The molecule has 0 aromatic heterocycles. The van der Waals surface area contributed by atoms with E-state index in [0.29, 0.717) is 5.78 Å². The fourth-order valence-electron chi connectivity index (χ4n) is 1.92. The Morgan fingerprint density at radius 2 is 1.88 bits per heavy atom. The Bertz CT molecular complexity index is 125. The van der Waals surface area contributed by atoms with Crippen LogP contribution in [0, 0.1) is 17.8 Å². The van der Waals surface area contributed by atoms with E-state index in [2.05, 4.69) is 6.92 Å². The van der Waals surface area contributed by atoms with E-state index in [-0.39, 0.29) is 0 Å². The predicted octanol–water partition coefficient (Wildman–Crippen LogP) is 1.23. The van der Waals surface area contributed by atoms with Gasteiger partial charge in [0.1, 0.15) is 5.78 Å². The van der Waals surface area contributed by atoms with Crippen molar-refractivity contribution in [2.45, 2.75) is 19.8 Å². The minimum atomic E-state index is 0.498. The quantitative estimate of drug-likeness (QED) is 0.458. The molecular formula is C7H10O. The number of Topliss-reactive ketones (excluding diaryl/α,β-unsaturated/α-hetero) is 1. The molecule has 8 heavy (non-hydrogen) atoms. The summed E-state index contributed by atoms with van der Waals surface area (Å²) in [6.45, 7) is 2.25. The Hall–Kier alpha value is -0.330. The summed E-state index contributed by atoms with van der Waals surface area (Å²) in [7, 11) is 0. The average Bonchev–Trinajstić information content (AvgIpc) is 2.29. The van der Waals surface area contributed by atoms with Crippen molar-refractivity contribution in [3.8, 4) is 0 Å². The van der Waals surface area contributed by atoms with Gasteiger partial charge in [-0.05, 0) is 17.8 Å². The first-order valence-corrected chi connectivity index (χ1v) is 3.31. The van der Waals surface area contributed by atoms with E-state index in [1.54, 1.807) is 0 Å². The van der Waals surface area contributed by atoms with Gasteiger partial charge in [0.05, 0.1) is 0 Å². The number of ketones is 1. The van der Waals surface area contributed by atoms with Crippen molar-refractivity contribution in [3.05, 3.63) is 0 Å². The molecular weight excluding hydrogens is 100 g/mol. The number of hydrogen-bond acceptors (Lipinski definition) is 1. The molecule has 0 unspecified atom stereocenters. The summed E-state index contributed by atoms with van der Waals surface area (Å²) in [5, 5.41) is 0. The zero-order chi connectivity index (χ0) is 5.72. The number of rotatable bonds is 0. The summed E-state index contributed by atoms with van der Waals surface area (Å²) < 4.78 is 0. The summed E-state index contributed by atoms with van der Waals surface area (Å²) in [6.07, 6.45) is 1.79. The first kappa shape index (κ1) is 4.54. The van der Waals surface area contributed by atoms with Gasteiger partial charge >= 0.3 is 0 Å². The number of hydrogen-bond donors (Lipinski definition) is 0. The van der Waals surface area contributed by atoms with Crippen molar-refractivity contribution in [1.29, 1.82) is 0 Å². The van der Waals surface area contributed by atoms with Crippen LogP contribution in [0.25, 0.3) is 0 Å². The second-order valence-electron chi connectivity index (χ2n) is 3.13. The van der Waals surface area contributed by atoms with Crippen LogP contribution in [0.1, 0.15) is 19.8 Å². The van der Waals surface area contributed by atoms with Gasteiger partial charge in [0, 0.05) is 12.8 Å². The molecule has 2 aliphatic carbocycles. The summed E-state index contributed by atoms with van der Waals surface area (Å²) in [5.74, 6) is 3.00. The van der Waals surface area contributed by atoms with Gasteiger partial charge in [-0.1, -0.05) is 6.92 Å².